The van der Waals surface area contributed by atoms with E-state index in [1.807, 2.05) is 0 Å². The number of aromatic amines is 1. The van der Waals surface area contributed by atoms with Gasteiger partial charge in [-0.05, 0) is 68.5 Å². The Hall–Kier alpha value is -3.82. The van der Waals surface area contributed by atoms with Gasteiger partial charge in [0.1, 0.15) is 17.5 Å². The molecule has 2 amide bonds. The first-order valence-electron chi connectivity index (χ1n) is 11.4. The highest BCUT2D eigenvalue weighted by Gasteiger charge is 2.42. The van der Waals surface area contributed by atoms with Crippen LogP contribution in [0.5, 0.6) is 0 Å². The van der Waals surface area contributed by atoms with Gasteiger partial charge in [0.05, 0.1) is 17.1 Å². The number of hydrogen-bond donors (Lipinski definition) is 1. The number of carbonyl (C=O) groups excluding carboxylic acids is 2. The third-order valence-corrected chi connectivity index (χ3v) is 6.27. The minimum Gasteiger partial charge on any atom is -0.443 e. The van der Waals surface area contributed by atoms with Crippen LogP contribution in [-0.2, 0) is 16.0 Å². The zero-order valence-electron chi connectivity index (χ0n) is 20.5. The van der Waals surface area contributed by atoms with Gasteiger partial charge < -0.3 is 14.6 Å². The molecule has 0 spiro atoms. The Balaban J connectivity index is 1.71. The zero-order chi connectivity index (χ0) is 26.5. The van der Waals surface area contributed by atoms with Crippen molar-refractivity contribution in [3.05, 3.63) is 75.5 Å². The van der Waals surface area contributed by atoms with Gasteiger partial charge in [0.25, 0.3) is 5.56 Å². The molecule has 1 aliphatic heterocycles. The Labute approximate surface area is 205 Å². The van der Waals surface area contributed by atoms with Crippen molar-refractivity contribution in [2.75, 3.05) is 11.9 Å². The van der Waals surface area contributed by atoms with Crippen LogP contribution in [0.25, 0.3) is 10.8 Å². The number of H-pyrrole nitrogens is 1. The number of nitrogens with one attached hydrogen (secondary N) is 1. The molecule has 0 bridgehead atoms. The van der Waals surface area contributed by atoms with E-state index in [1.54, 1.807) is 27.7 Å². The van der Waals surface area contributed by atoms with E-state index in [-0.39, 0.29) is 11.8 Å². The van der Waals surface area contributed by atoms with E-state index in [2.05, 4.69) is 4.98 Å². The third kappa shape index (κ3) is 4.43. The molecule has 0 saturated carbocycles. The minimum absolute atomic E-state index is 0.0639. The summed E-state index contributed by atoms with van der Waals surface area (Å²) >= 11 is 0. The van der Waals surface area contributed by atoms with Crippen LogP contribution in [0, 0.1) is 17.5 Å². The predicted molar refractivity (Wildman–Crippen MR) is 128 cm³/mol. The topological polar surface area (TPSA) is 82.7 Å². The summed E-state index contributed by atoms with van der Waals surface area (Å²) in [6.07, 6.45) is 0.661. The number of hydrogen-bond acceptors (Lipinski definition) is 4. The fourth-order valence-electron chi connectivity index (χ4n) is 4.44. The van der Waals surface area contributed by atoms with Gasteiger partial charge in [0, 0.05) is 19.7 Å². The van der Waals surface area contributed by atoms with Crippen LogP contribution in [-0.4, -0.2) is 40.6 Å². The highest BCUT2D eigenvalue weighted by Crippen LogP contribution is 2.36. The molecule has 7 nitrogen and oxygen atoms in total. The highest BCUT2D eigenvalue weighted by atomic mass is 19.2. The number of ether oxygens (including phenoxy) is 1. The fraction of sp³-hybridized carbons (Fsp3) is 0.346. The second-order valence-electron chi connectivity index (χ2n) is 9.83. The molecule has 36 heavy (non-hydrogen) atoms. The van der Waals surface area contributed by atoms with Gasteiger partial charge >= 0.3 is 6.09 Å². The summed E-state index contributed by atoms with van der Waals surface area (Å²) in [5.41, 5.74) is -0.397. The Morgan fingerprint density at radius 2 is 1.86 bits per heavy atom. The summed E-state index contributed by atoms with van der Waals surface area (Å²) in [4.78, 5) is 43.9. The molecule has 2 heterocycles. The van der Waals surface area contributed by atoms with Gasteiger partial charge in [-0.3, -0.25) is 14.5 Å². The van der Waals surface area contributed by atoms with Crippen LogP contribution in [0.3, 0.4) is 0 Å². The normalized spacial score (nSPS) is 16.1. The van der Waals surface area contributed by atoms with Gasteiger partial charge in [-0.15, -0.1) is 0 Å². The van der Waals surface area contributed by atoms with Crippen molar-refractivity contribution in [3.63, 3.8) is 0 Å². The molecule has 3 aromatic rings. The number of carbonyl (C=O) groups is 2. The lowest BCUT2D eigenvalue weighted by atomic mass is 10.00. The van der Waals surface area contributed by atoms with Crippen molar-refractivity contribution < 1.29 is 27.5 Å². The number of aromatic nitrogens is 1. The van der Waals surface area contributed by atoms with Gasteiger partial charge in [0.15, 0.2) is 11.6 Å². The Kier molecular flexibility index (Phi) is 6.32. The summed E-state index contributed by atoms with van der Waals surface area (Å²) in [5.74, 6) is -3.42. The number of pyridine rings is 1. The molecule has 0 aliphatic carbocycles. The van der Waals surface area contributed by atoms with Crippen molar-refractivity contribution >= 4 is 28.5 Å². The van der Waals surface area contributed by atoms with Crippen molar-refractivity contribution in [2.45, 2.75) is 51.8 Å². The molecule has 2 unspecified atom stereocenters. The number of rotatable bonds is 3. The monoisotopic (exact) mass is 501 g/mol. The summed E-state index contributed by atoms with van der Waals surface area (Å²) in [6, 6.07) is 4.38. The molecule has 10 heteroatoms. The second kappa shape index (κ2) is 9.00. The highest BCUT2D eigenvalue weighted by molar-refractivity contribution is 6.01. The molecule has 1 aromatic heterocycles. The van der Waals surface area contributed by atoms with Gasteiger partial charge in [-0.1, -0.05) is 6.07 Å². The maximum Gasteiger partial charge on any atom is 0.415 e. The van der Waals surface area contributed by atoms with Crippen LogP contribution in [0.1, 0.15) is 44.9 Å². The first kappa shape index (κ1) is 25.3. The first-order chi connectivity index (χ1) is 16.8. The maximum absolute atomic E-state index is 14.4. The lowest BCUT2D eigenvalue weighted by Gasteiger charge is -2.33. The molecule has 2 atom stereocenters. The Bertz CT molecular complexity index is 1430. The van der Waals surface area contributed by atoms with Gasteiger partial charge in [-0.2, -0.15) is 0 Å². The average Bonchev–Trinajstić information content (AvgIpc) is 3.17. The molecule has 0 fully saturated rings. The molecular weight excluding hydrogens is 475 g/mol. The number of fused-ring (bicyclic) bond motifs is 2. The van der Waals surface area contributed by atoms with Crippen molar-refractivity contribution in [3.8, 4) is 0 Å². The van der Waals surface area contributed by atoms with E-state index >= 15 is 0 Å². The predicted octanol–water partition coefficient (Wildman–Crippen LogP) is 4.83. The number of benzene rings is 2. The number of anilines is 1. The van der Waals surface area contributed by atoms with E-state index < -0.39 is 58.1 Å². The number of nitrogens with zero attached hydrogens (tertiary/aromatic N) is 2. The van der Waals surface area contributed by atoms with E-state index in [9.17, 15) is 27.6 Å². The van der Waals surface area contributed by atoms with Crippen LogP contribution >= 0.6 is 0 Å². The number of halogens is 3. The summed E-state index contributed by atoms with van der Waals surface area (Å²) in [7, 11) is 1.50. The van der Waals surface area contributed by atoms with E-state index in [0.29, 0.717) is 16.8 Å². The lowest BCUT2D eigenvalue weighted by molar-refractivity contribution is -0.133. The maximum atomic E-state index is 14.4. The van der Waals surface area contributed by atoms with Crippen molar-refractivity contribution in [2.24, 2.45) is 0 Å². The number of likely N-dealkylation sites (N-methyl/N-ethyl adjacent to an activating group) is 1. The van der Waals surface area contributed by atoms with E-state index in [0.717, 1.165) is 6.07 Å². The van der Waals surface area contributed by atoms with Crippen molar-refractivity contribution in [1.29, 1.82) is 0 Å². The van der Waals surface area contributed by atoms with Gasteiger partial charge in [-0.25, -0.2) is 18.0 Å². The lowest BCUT2D eigenvalue weighted by Crippen LogP contribution is -2.50. The van der Waals surface area contributed by atoms with Crippen LogP contribution in [0.4, 0.5) is 23.7 Å². The summed E-state index contributed by atoms with van der Waals surface area (Å²) in [5, 5.41) is -0.287. The largest absolute Gasteiger partial charge is 0.443 e. The van der Waals surface area contributed by atoms with E-state index in [4.69, 9.17) is 4.74 Å². The second-order valence-corrected chi connectivity index (χ2v) is 9.83. The first-order valence-corrected chi connectivity index (χ1v) is 11.4. The third-order valence-electron chi connectivity index (χ3n) is 6.27. The molecule has 1 aliphatic rings. The van der Waals surface area contributed by atoms with Crippen LogP contribution in [0.15, 0.2) is 41.3 Å². The van der Waals surface area contributed by atoms with Gasteiger partial charge in [0.2, 0.25) is 5.91 Å². The molecule has 4 rings (SSSR count). The quantitative estimate of drug-likeness (QED) is 0.557. The molecular formula is C26H26F3N3O4. The van der Waals surface area contributed by atoms with Crippen LogP contribution < -0.4 is 10.5 Å². The van der Waals surface area contributed by atoms with Crippen LogP contribution in [0.2, 0.25) is 0 Å². The SMILES string of the molecule is CC(c1c[nH]c(=O)c2c(F)c(F)ccc12)N(C)C(=O)C1Cc2cc(F)ccc2N1C(=O)OC(C)(C)C. The molecule has 190 valence electrons. The molecule has 0 saturated heterocycles. The average molecular weight is 502 g/mol. The fourth-order valence-corrected chi connectivity index (χ4v) is 4.44. The molecule has 2 aromatic carbocycles. The Morgan fingerprint density at radius 1 is 1.17 bits per heavy atom. The minimum atomic E-state index is -1.28. The summed E-state index contributed by atoms with van der Waals surface area (Å²) < 4.78 is 47.6. The van der Waals surface area contributed by atoms with Crippen molar-refractivity contribution in [1.82, 2.24) is 9.88 Å². The standard InChI is InChI=1S/C26H26F3N3O4/c1-13(17-12-30-23(33)21-16(17)7-8-18(28)22(21)29)31(5)24(34)20-11-14-10-15(27)6-9-19(14)32(20)25(35)36-26(2,3)4/h6-10,12-13,20H,11H2,1-5H3,(H,30,33). The smallest absolute Gasteiger partial charge is 0.415 e. The zero-order valence-corrected chi connectivity index (χ0v) is 20.5. The summed E-state index contributed by atoms with van der Waals surface area (Å²) in [6.45, 7) is 6.74. The number of amides is 2. The van der Waals surface area contributed by atoms with E-state index in [1.165, 1.54) is 47.3 Å². The Morgan fingerprint density at radius 3 is 2.53 bits per heavy atom. The molecule has 1 N–H and O–H groups in total. The molecule has 0 radical (unpaired) electrons.